The van der Waals surface area contributed by atoms with Crippen molar-refractivity contribution >= 4 is 23.4 Å². The Morgan fingerprint density at radius 1 is 1.06 bits per heavy atom. The van der Waals surface area contributed by atoms with E-state index in [2.05, 4.69) is 9.97 Å². The zero-order valence-corrected chi connectivity index (χ0v) is 11.4. The van der Waals surface area contributed by atoms with E-state index in [1.807, 2.05) is 17.8 Å². The maximum atomic E-state index is 6.08. The van der Waals surface area contributed by atoms with E-state index < -0.39 is 0 Å². The predicted octanol–water partition coefficient (Wildman–Crippen LogP) is 4.43. The molecule has 3 rings (SSSR count). The van der Waals surface area contributed by atoms with Crippen molar-refractivity contribution in [2.24, 2.45) is 0 Å². The molecule has 1 aromatic rings. The standard InChI is InChI=1S/C13H17ClN2S/c14-11-8-12(16-13(15-11)9-6-7-9)17-10-4-2-1-3-5-10/h8-10H,1-7H2. The Bertz CT molecular complexity index is 400. The van der Waals surface area contributed by atoms with Gasteiger partial charge in [-0.15, -0.1) is 11.8 Å². The highest BCUT2D eigenvalue weighted by Gasteiger charge is 2.27. The van der Waals surface area contributed by atoms with Gasteiger partial charge in [-0.1, -0.05) is 30.9 Å². The van der Waals surface area contributed by atoms with E-state index in [4.69, 9.17) is 11.6 Å². The first-order chi connectivity index (χ1) is 8.31. The molecule has 0 bridgehead atoms. The van der Waals surface area contributed by atoms with Crippen molar-refractivity contribution in [2.45, 2.75) is 61.1 Å². The normalized spacial score (nSPS) is 21.7. The lowest BCUT2D eigenvalue weighted by Crippen LogP contribution is -2.08. The van der Waals surface area contributed by atoms with Gasteiger partial charge in [0.05, 0.1) is 0 Å². The molecule has 0 N–H and O–H groups in total. The van der Waals surface area contributed by atoms with Crippen LogP contribution < -0.4 is 0 Å². The third kappa shape index (κ3) is 3.14. The topological polar surface area (TPSA) is 25.8 Å². The minimum absolute atomic E-state index is 0.583. The largest absolute Gasteiger partial charge is 0.226 e. The number of thioether (sulfide) groups is 1. The third-order valence-electron chi connectivity index (χ3n) is 3.47. The number of rotatable bonds is 3. The summed E-state index contributed by atoms with van der Waals surface area (Å²) in [6.07, 6.45) is 9.24. The maximum Gasteiger partial charge on any atom is 0.134 e. The van der Waals surface area contributed by atoms with E-state index in [0.29, 0.717) is 11.1 Å². The van der Waals surface area contributed by atoms with Gasteiger partial charge < -0.3 is 0 Å². The summed E-state index contributed by atoms with van der Waals surface area (Å²) in [5.74, 6) is 1.55. The van der Waals surface area contributed by atoms with E-state index in [9.17, 15) is 0 Å². The lowest BCUT2D eigenvalue weighted by Gasteiger charge is -2.20. The maximum absolute atomic E-state index is 6.08. The summed E-state index contributed by atoms with van der Waals surface area (Å²) in [6, 6.07) is 1.92. The average Bonchev–Trinajstić information content (AvgIpc) is 3.13. The fourth-order valence-electron chi connectivity index (χ4n) is 2.35. The molecule has 1 aromatic heterocycles. The molecule has 0 unspecified atom stereocenters. The predicted molar refractivity (Wildman–Crippen MR) is 71.7 cm³/mol. The second-order valence-corrected chi connectivity index (χ2v) is 6.75. The fourth-order valence-corrected chi connectivity index (χ4v) is 3.84. The first-order valence-electron chi connectivity index (χ1n) is 6.52. The summed E-state index contributed by atoms with van der Waals surface area (Å²) in [5, 5.41) is 2.43. The molecule has 0 amide bonds. The van der Waals surface area contributed by atoms with Gasteiger partial charge in [-0.25, -0.2) is 9.97 Å². The number of hydrogen-bond donors (Lipinski definition) is 0. The summed E-state index contributed by atoms with van der Waals surface area (Å²) in [7, 11) is 0. The Morgan fingerprint density at radius 2 is 1.82 bits per heavy atom. The molecule has 0 aliphatic heterocycles. The fraction of sp³-hybridized carbons (Fsp3) is 0.692. The van der Waals surface area contributed by atoms with Crippen LogP contribution in [0.2, 0.25) is 5.15 Å². The van der Waals surface area contributed by atoms with Crippen LogP contribution in [0.3, 0.4) is 0 Å². The van der Waals surface area contributed by atoms with Crippen LogP contribution in [-0.2, 0) is 0 Å². The summed E-state index contributed by atoms with van der Waals surface area (Å²) in [6.45, 7) is 0. The van der Waals surface area contributed by atoms with Gasteiger partial charge >= 0.3 is 0 Å². The van der Waals surface area contributed by atoms with Crippen LogP contribution in [0.25, 0.3) is 0 Å². The quantitative estimate of drug-likeness (QED) is 0.759. The van der Waals surface area contributed by atoms with Gasteiger partial charge in [-0.2, -0.15) is 0 Å². The second-order valence-electron chi connectivity index (χ2n) is 5.04. The lowest BCUT2D eigenvalue weighted by atomic mass is 10.0. The summed E-state index contributed by atoms with van der Waals surface area (Å²) >= 11 is 7.98. The van der Waals surface area contributed by atoms with Gasteiger partial charge in [-0.3, -0.25) is 0 Å². The molecule has 2 aliphatic rings. The van der Waals surface area contributed by atoms with E-state index in [1.54, 1.807) is 0 Å². The number of nitrogens with zero attached hydrogens (tertiary/aromatic N) is 2. The van der Waals surface area contributed by atoms with Gasteiger partial charge in [0.1, 0.15) is 16.0 Å². The minimum Gasteiger partial charge on any atom is -0.226 e. The lowest BCUT2D eigenvalue weighted by molar-refractivity contribution is 0.515. The van der Waals surface area contributed by atoms with Crippen molar-refractivity contribution in [3.05, 3.63) is 17.0 Å². The Morgan fingerprint density at radius 3 is 2.53 bits per heavy atom. The first-order valence-corrected chi connectivity index (χ1v) is 7.78. The Kier molecular flexibility index (Phi) is 3.57. The highest BCUT2D eigenvalue weighted by atomic mass is 35.5. The zero-order chi connectivity index (χ0) is 11.7. The van der Waals surface area contributed by atoms with E-state index in [0.717, 1.165) is 16.1 Å². The van der Waals surface area contributed by atoms with Crippen molar-refractivity contribution in [3.8, 4) is 0 Å². The molecule has 0 spiro atoms. The van der Waals surface area contributed by atoms with Gasteiger partial charge in [0, 0.05) is 17.2 Å². The molecule has 17 heavy (non-hydrogen) atoms. The molecule has 2 nitrogen and oxygen atoms in total. The molecule has 0 saturated heterocycles. The Labute approximate surface area is 112 Å². The van der Waals surface area contributed by atoms with Crippen LogP contribution in [-0.4, -0.2) is 15.2 Å². The summed E-state index contributed by atoms with van der Waals surface area (Å²) < 4.78 is 0. The monoisotopic (exact) mass is 268 g/mol. The van der Waals surface area contributed by atoms with Crippen LogP contribution in [0.5, 0.6) is 0 Å². The highest BCUT2D eigenvalue weighted by Crippen LogP contribution is 2.40. The highest BCUT2D eigenvalue weighted by molar-refractivity contribution is 7.99. The van der Waals surface area contributed by atoms with Crippen LogP contribution in [0, 0.1) is 0 Å². The molecule has 92 valence electrons. The summed E-state index contributed by atoms with van der Waals surface area (Å²) in [5.41, 5.74) is 0. The molecular formula is C13H17ClN2S. The molecule has 2 saturated carbocycles. The number of aromatic nitrogens is 2. The van der Waals surface area contributed by atoms with Crippen molar-refractivity contribution < 1.29 is 0 Å². The SMILES string of the molecule is Clc1cc(SC2CCCCC2)nc(C2CC2)n1. The van der Waals surface area contributed by atoms with Crippen molar-refractivity contribution in [1.82, 2.24) is 9.97 Å². The third-order valence-corrected chi connectivity index (χ3v) is 4.92. The molecular weight excluding hydrogens is 252 g/mol. The Hall–Kier alpha value is -0.280. The van der Waals surface area contributed by atoms with Crippen LogP contribution in [0.4, 0.5) is 0 Å². The minimum atomic E-state index is 0.583. The zero-order valence-electron chi connectivity index (χ0n) is 9.86. The van der Waals surface area contributed by atoms with Crippen molar-refractivity contribution in [2.75, 3.05) is 0 Å². The van der Waals surface area contributed by atoms with Gasteiger partial charge in [-0.05, 0) is 25.7 Å². The van der Waals surface area contributed by atoms with Crippen molar-refractivity contribution in [1.29, 1.82) is 0 Å². The van der Waals surface area contributed by atoms with E-state index in [1.165, 1.54) is 44.9 Å². The van der Waals surface area contributed by atoms with Crippen molar-refractivity contribution in [3.63, 3.8) is 0 Å². The summed E-state index contributed by atoms with van der Waals surface area (Å²) in [4.78, 5) is 8.99. The van der Waals surface area contributed by atoms with Crippen LogP contribution in [0.15, 0.2) is 11.1 Å². The smallest absolute Gasteiger partial charge is 0.134 e. The second kappa shape index (κ2) is 5.15. The van der Waals surface area contributed by atoms with E-state index in [-0.39, 0.29) is 0 Å². The van der Waals surface area contributed by atoms with Crippen LogP contribution >= 0.6 is 23.4 Å². The van der Waals surface area contributed by atoms with Gasteiger partial charge in [0.25, 0.3) is 0 Å². The molecule has 2 fully saturated rings. The van der Waals surface area contributed by atoms with Gasteiger partial charge in [0.2, 0.25) is 0 Å². The molecule has 1 heterocycles. The van der Waals surface area contributed by atoms with E-state index >= 15 is 0 Å². The first kappa shape index (κ1) is 11.8. The Balaban J connectivity index is 1.72. The molecule has 0 atom stereocenters. The number of halogens is 1. The molecule has 0 radical (unpaired) electrons. The molecule has 2 aliphatic carbocycles. The number of hydrogen-bond acceptors (Lipinski definition) is 3. The van der Waals surface area contributed by atoms with Gasteiger partial charge in [0.15, 0.2) is 0 Å². The molecule has 4 heteroatoms. The molecule has 0 aromatic carbocycles. The van der Waals surface area contributed by atoms with Crippen LogP contribution in [0.1, 0.15) is 56.7 Å². The average molecular weight is 269 g/mol.